The van der Waals surface area contributed by atoms with Gasteiger partial charge in [0.1, 0.15) is 0 Å². The van der Waals surface area contributed by atoms with Crippen LogP contribution in [0.25, 0.3) is 11.5 Å². The highest BCUT2D eigenvalue weighted by molar-refractivity contribution is 5.58. The third kappa shape index (κ3) is 1.81. The standard InChI is InChI=1S/C8H5F3N4O/c9-8(10,11)5-1-2-13-3-4(5)6-14-7(12)15-16-6/h1-3H,(H2,12,15). The first-order chi connectivity index (χ1) is 7.48. The van der Waals surface area contributed by atoms with Gasteiger partial charge in [-0.15, -0.1) is 0 Å². The van der Waals surface area contributed by atoms with Crippen molar-refractivity contribution < 1.29 is 17.7 Å². The summed E-state index contributed by atoms with van der Waals surface area (Å²) in [6.07, 6.45) is -2.48. The Morgan fingerprint density at radius 1 is 1.31 bits per heavy atom. The smallest absolute Gasteiger partial charge is 0.365 e. The van der Waals surface area contributed by atoms with Gasteiger partial charge >= 0.3 is 6.18 Å². The molecule has 2 rings (SSSR count). The van der Waals surface area contributed by atoms with Gasteiger partial charge in [0.2, 0.25) is 0 Å². The lowest BCUT2D eigenvalue weighted by Gasteiger charge is -2.08. The number of anilines is 1. The predicted octanol–water partition coefficient (Wildman–Crippen LogP) is 1.73. The maximum absolute atomic E-state index is 12.6. The quantitative estimate of drug-likeness (QED) is 0.807. The molecule has 0 saturated carbocycles. The lowest BCUT2D eigenvalue weighted by Crippen LogP contribution is -2.07. The van der Waals surface area contributed by atoms with E-state index in [1.165, 1.54) is 0 Å². The largest absolute Gasteiger partial charge is 0.417 e. The average Bonchev–Trinajstić information content (AvgIpc) is 2.64. The molecule has 0 fully saturated rings. The van der Waals surface area contributed by atoms with Crippen LogP contribution in [0.1, 0.15) is 5.56 Å². The molecule has 2 N–H and O–H groups in total. The zero-order valence-electron chi connectivity index (χ0n) is 7.69. The summed E-state index contributed by atoms with van der Waals surface area (Å²) in [7, 11) is 0. The Morgan fingerprint density at radius 2 is 2.06 bits per heavy atom. The first-order valence-corrected chi connectivity index (χ1v) is 4.09. The van der Waals surface area contributed by atoms with Crippen molar-refractivity contribution in [3.05, 3.63) is 24.0 Å². The van der Waals surface area contributed by atoms with Crippen LogP contribution < -0.4 is 5.73 Å². The van der Waals surface area contributed by atoms with E-state index in [0.29, 0.717) is 0 Å². The molecule has 0 amide bonds. The van der Waals surface area contributed by atoms with Crippen molar-refractivity contribution in [2.45, 2.75) is 6.18 Å². The topological polar surface area (TPSA) is 77.8 Å². The van der Waals surface area contributed by atoms with E-state index in [4.69, 9.17) is 5.73 Å². The molecule has 0 aliphatic carbocycles. The number of nitrogens with two attached hydrogens (primary N) is 1. The van der Waals surface area contributed by atoms with Crippen LogP contribution in [-0.4, -0.2) is 15.1 Å². The molecule has 0 spiro atoms. The molecule has 16 heavy (non-hydrogen) atoms. The second-order valence-electron chi connectivity index (χ2n) is 2.88. The number of alkyl halides is 3. The van der Waals surface area contributed by atoms with Crippen molar-refractivity contribution in [3.63, 3.8) is 0 Å². The molecule has 0 aliphatic rings. The minimum atomic E-state index is -4.51. The van der Waals surface area contributed by atoms with Gasteiger partial charge in [-0.25, -0.2) is 0 Å². The molecule has 2 aromatic heterocycles. The van der Waals surface area contributed by atoms with E-state index in [0.717, 1.165) is 18.5 Å². The third-order valence-corrected chi connectivity index (χ3v) is 1.80. The fraction of sp³-hybridized carbons (Fsp3) is 0.125. The van der Waals surface area contributed by atoms with E-state index in [2.05, 4.69) is 19.6 Å². The van der Waals surface area contributed by atoms with Gasteiger partial charge in [-0.05, 0) is 11.2 Å². The molecule has 0 radical (unpaired) electrons. The van der Waals surface area contributed by atoms with Crippen molar-refractivity contribution in [2.24, 2.45) is 0 Å². The average molecular weight is 230 g/mol. The van der Waals surface area contributed by atoms with Gasteiger partial charge in [-0.2, -0.15) is 18.2 Å². The minimum Gasteiger partial charge on any atom is -0.365 e. The van der Waals surface area contributed by atoms with E-state index in [1.807, 2.05) is 0 Å². The third-order valence-electron chi connectivity index (χ3n) is 1.80. The summed E-state index contributed by atoms with van der Waals surface area (Å²) in [6.45, 7) is 0. The Balaban J connectivity index is 2.57. The molecule has 2 aromatic rings. The lowest BCUT2D eigenvalue weighted by atomic mass is 10.1. The van der Waals surface area contributed by atoms with Crippen LogP contribution in [0.4, 0.5) is 19.1 Å². The summed E-state index contributed by atoms with van der Waals surface area (Å²) in [6, 6.07) is 0.829. The Bertz CT molecular complexity index is 508. The van der Waals surface area contributed by atoms with Gasteiger partial charge in [0.25, 0.3) is 11.8 Å². The molecule has 2 heterocycles. The van der Waals surface area contributed by atoms with Crippen LogP contribution in [0.3, 0.4) is 0 Å². The fourth-order valence-corrected chi connectivity index (χ4v) is 1.16. The van der Waals surface area contributed by atoms with E-state index < -0.39 is 11.7 Å². The number of nitrogen functional groups attached to an aromatic ring is 1. The second kappa shape index (κ2) is 3.47. The monoisotopic (exact) mass is 230 g/mol. The van der Waals surface area contributed by atoms with E-state index in [1.54, 1.807) is 0 Å². The summed E-state index contributed by atoms with van der Waals surface area (Å²) >= 11 is 0. The number of nitrogens with zero attached hydrogens (tertiary/aromatic N) is 3. The van der Waals surface area contributed by atoms with Crippen LogP contribution in [0.2, 0.25) is 0 Å². The zero-order valence-corrected chi connectivity index (χ0v) is 7.69. The number of hydrogen-bond acceptors (Lipinski definition) is 5. The van der Waals surface area contributed by atoms with Crippen molar-refractivity contribution in [2.75, 3.05) is 5.73 Å². The molecule has 0 aliphatic heterocycles. The van der Waals surface area contributed by atoms with Crippen LogP contribution in [0, 0.1) is 0 Å². The Kier molecular flexibility index (Phi) is 2.26. The molecule has 8 heteroatoms. The normalized spacial score (nSPS) is 11.7. The number of aromatic nitrogens is 3. The summed E-state index contributed by atoms with van der Waals surface area (Å²) in [5, 5.41) is 3.21. The number of halogens is 3. The highest BCUT2D eigenvalue weighted by atomic mass is 19.4. The molecule has 0 bridgehead atoms. The van der Waals surface area contributed by atoms with E-state index >= 15 is 0 Å². The maximum Gasteiger partial charge on any atom is 0.417 e. The number of hydrogen-bond donors (Lipinski definition) is 1. The fourth-order valence-electron chi connectivity index (χ4n) is 1.16. The highest BCUT2D eigenvalue weighted by Gasteiger charge is 2.35. The van der Waals surface area contributed by atoms with Crippen molar-refractivity contribution in [1.82, 2.24) is 15.1 Å². The maximum atomic E-state index is 12.6. The molecule has 0 atom stereocenters. The van der Waals surface area contributed by atoms with E-state index in [-0.39, 0.29) is 17.4 Å². The number of pyridine rings is 1. The highest BCUT2D eigenvalue weighted by Crippen LogP contribution is 2.35. The van der Waals surface area contributed by atoms with Gasteiger partial charge in [0.15, 0.2) is 0 Å². The number of rotatable bonds is 1. The van der Waals surface area contributed by atoms with E-state index in [9.17, 15) is 13.2 Å². The Hall–Kier alpha value is -2.12. The molecular weight excluding hydrogens is 225 g/mol. The van der Waals surface area contributed by atoms with Crippen molar-refractivity contribution in [1.29, 1.82) is 0 Å². The summed E-state index contributed by atoms with van der Waals surface area (Å²) in [5.74, 6) is -0.537. The summed E-state index contributed by atoms with van der Waals surface area (Å²) in [4.78, 5) is 7.09. The molecular formula is C8H5F3N4O. The molecule has 5 nitrogen and oxygen atoms in total. The van der Waals surface area contributed by atoms with Crippen molar-refractivity contribution >= 4 is 5.95 Å². The molecule has 84 valence electrons. The van der Waals surface area contributed by atoms with Gasteiger partial charge in [-0.3, -0.25) is 4.98 Å². The van der Waals surface area contributed by atoms with Gasteiger partial charge in [-0.1, -0.05) is 0 Å². The molecule has 0 saturated heterocycles. The SMILES string of the molecule is Nc1noc(-c2cnccc2C(F)(F)F)n1. The summed E-state index contributed by atoms with van der Waals surface area (Å²) in [5.41, 5.74) is 3.97. The van der Waals surface area contributed by atoms with Crippen LogP contribution in [0.15, 0.2) is 23.0 Å². The van der Waals surface area contributed by atoms with Gasteiger partial charge in [0, 0.05) is 12.4 Å². The van der Waals surface area contributed by atoms with Gasteiger partial charge in [0.05, 0.1) is 11.1 Å². The van der Waals surface area contributed by atoms with Crippen LogP contribution >= 0.6 is 0 Å². The van der Waals surface area contributed by atoms with Crippen LogP contribution in [0.5, 0.6) is 0 Å². The summed E-state index contributed by atoms with van der Waals surface area (Å²) < 4.78 is 42.3. The second-order valence-corrected chi connectivity index (χ2v) is 2.88. The van der Waals surface area contributed by atoms with Gasteiger partial charge < -0.3 is 10.3 Å². The zero-order chi connectivity index (χ0) is 11.8. The molecule has 0 unspecified atom stereocenters. The first kappa shape index (κ1) is 10.4. The van der Waals surface area contributed by atoms with Crippen LogP contribution in [-0.2, 0) is 6.18 Å². The lowest BCUT2D eigenvalue weighted by molar-refractivity contribution is -0.137. The Labute approximate surface area is 87.1 Å². The first-order valence-electron chi connectivity index (χ1n) is 4.09. The predicted molar refractivity (Wildman–Crippen MR) is 46.9 cm³/mol. The minimum absolute atomic E-state index is 0.230. The Morgan fingerprint density at radius 3 is 2.62 bits per heavy atom. The molecule has 0 aromatic carbocycles. The van der Waals surface area contributed by atoms with Crippen molar-refractivity contribution in [3.8, 4) is 11.5 Å².